The Hall–Kier alpha value is -1.61. The monoisotopic (exact) mass is 270 g/mol. The van der Waals surface area contributed by atoms with Crippen LogP contribution in [0.1, 0.15) is 25.7 Å². The molecule has 2 N–H and O–H groups in total. The number of nitrogens with zero attached hydrogens (tertiary/aromatic N) is 1. The predicted octanol–water partition coefficient (Wildman–Crippen LogP) is 3.45. The number of fused-ring (bicyclic) bond motifs is 1. The first-order valence-electron chi connectivity index (χ1n) is 7.57. The molecule has 1 heterocycles. The van der Waals surface area contributed by atoms with E-state index in [0.717, 1.165) is 17.7 Å². The fraction of sp³-hybridized carbons (Fsp3) is 0.471. The molecule has 1 aliphatic rings. The van der Waals surface area contributed by atoms with Crippen molar-refractivity contribution in [1.82, 2.24) is 4.98 Å². The Morgan fingerprint density at radius 2 is 1.90 bits per heavy atom. The number of aromatic nitrogens is 1. The second kappa shape index (κ2) is 6.23. The quantitative estimate of drug-likeness (QED) is 0.894. The van der Waals surface area contributed by atoms with Gasteiger partial charge < -0.3 is 10.4 Å². The van der Waals surface area contributed by atoms with Crippen LogP contribution in [0.5, 0.6) is 0 Å². The summed E-state index contributed by atoms with van der Waals surface area (Å²) in [4.78, 5) is 4.39. The Kier molecular flexibility index (Phi) is 4.16. The van der Waals surface area contributed by atoms with Crippen molar-refractivity contribution < 1.29 is 5.11 Å². The lowest BCUT2D eigenvalue weighted by atomic mass is 9.79. The molecule has 2 unspecified atom stereocenters. The topological polar surface area (TPSA) is 45.1 Å². The van der Waals surface area contributed by atoms with Crippen LogP contribution in [0.4, 0.5) is 5.69 Å². The molecule has 3 nitrogen and oxygen atoms in total. The summed E-state index contributed by atoms with van der Waals surface area (Å²) in [5.41, 5.74) is 2.18. The number of hydrogen-bond acceptors (Lipinski definition) is 3. The van der Waals surface area contributed by atoms with E-state index < -0.39 is 0 Å². The van der Waals surface area contributed by atoms with Crippen LogP contribution in [-0.4, -0.2) is 23.2 Å². The number of benzene rings is 1. The Morgan fingerprint density at radius 3 is 2.75 bits per heavy atom. The summed E-state index contributed by atoms with van der Waals surface area (Å²) in [5, 5.41) is 14.2. The van der Waals surface area contributed by atoms with Gasteiger partial charge in [-0.05, 0) is 36.8 Å². The predicted molar refractivity (Wildman–Crippen MR) is 82.8 cm³/mol. The van der Waals surface area contributed by atoms with Gasteiger partial charge in [0.1, 0.15) is 0 Å². The number of pyridine rings is 1. The number of nitrogens with one attached hydrogen (secondary N) is 1. The average molecular weight is 270 g/mol. The maximum absolute atomic E-state index is 9.49. The lowest BCUT2D eigenvalue weighted by Crippen LogP contribution is -2.28. The van der Waals surface area contributed by atoms with Gasteiger partial charge in [0, 0.05) is 30.4 Å². The standard InChI is InChI=1S/C17H22N2O/c20-12-14-6-2-1-5-13(14)11-19-17-9-10-18-16-8-4-3-7-15(16)17/h3-4,7-10,13-14,20H,1-2,5-6,11-12H2,(H,18,19). The van der Waals surface area contributed by atoms with Gasteiger partial charge in [0.05, 0.1) is 5.52 Å². The zero-order chi connectivity index (χ0) is 13.8. The number of para-hydroxylation sites is 1. The van der Waals surface area contributed by atoms with Crippen LogP contribution in [0, 0.1) is 11.8 Å². The number of rotatable bonds is 4. The highest BCUT2D eigenvalue weighted by atomic mass is 16.3. The van der Waals surface area contributed by atoms with Crippen LogP contribution in [0.15, 0.2) is 36.5 Å². The molecule has 1 aromatic heterocycles. The van der Waals surface area contributed by atoms with E-state index in [4.69, 9.17) is 0 Å². The first-order valence-corrected chi connectivity index (χ1v) is 7.57. The van der Waals surface area contributed by atoms with Crippen LogP contribution >= 0.6 is 0 Å². The molecular weight excluding hydrogens is 248 g/mol. The molecule has 0 spiro atoms. The Balaban J connectivity index is 1.73. The molecule has 1 fully saturated rings. The van der Waals surface area contributed by atoms with E-state index in [0.29, 0.717) is 18.4 Å². The van der Waals surface area contributed by atoms with Gasteiger partial charge in [0.25, 0.3) is 0 Å². The van der Waals surface area contributed by atoms with Gasteiger partial charge in [0.15, 0.2) is 0 Å². The molecule has 0 bridgehead atoms. The molecule has 3 rings (SSSR count). The minimum Gasteiger partial charge on any atom is -0.396 e. The molecule has 0 radical (unpaired) electrons. The molecule has 0 amide bonds. The summed E-state index contributed by atoms with van der Waals surface area (Å²) >= 11 is 0. The molecule has 2 aromatic rings. The summed E-state index contributed by atoms with van der Waals surface area (Å²) in [5.74, 6) is 1.05. The van der Waals surface area contributed by atoms with Crippen molar-refractivity contribution in [2.24, 2.45) is 11.8 Å². The highest BCUT2D eigenvalue weighted by Gasteiger charge is 2.24. The third-order valence-corrected chi connectivity index (χ3v) is 4.50. The lowest BCUT2D eigenvalue weighted by Gasteiger charge is -2.30. The summed E-state index contributed by atoms with van der Waals surface area (Å²) in [6.45, 7) is 1.27. The van der Waals surface area contributed by atoms with Gasteiger partial charge in [-0.3, -0.25) is 4.98 Å². The van der Waals surface area contributed by atoms with E-state index in [1.165, 1.54) is 31.1 Å². The molecule has 0 saturated heterocycles. The van der Waals surface area contributed by atoms with Crippen molar-refractivity contribution in [3.05, 3.63) is 36.5 Å². The molecule has 1 aliphatic carbocycles. The number of hydrogen-bond donors (Lipinski definition) is 2. The molecule has 1 saturated carbocycles. The highest BCUT2D eigenvalue weighted by Crippen LogP contribution is 2.30. The molecule has 1 aromatic carbocycles. The number of anilines is 1. The average Bonchev–Trinajstić information content (AvgIpc) is 2.53. The van der Waals surface area contributed by atoms with Crippen LogP contribution in [0.2, 0.25) is 0 Å². The molecule has 3 heteroatoms. The maximum atomic E-state index is 9.49. The van der Waals surface area contributed by atoms with Crippen molar-refractivity contribution in [2.45, 2.75) is 25.7 Å². The highest BCUT2D eigenvalue weighted by molar-refractivity contribution is 5.90. The van der Waals surface area contributed by atoms with Crippen LogP contribution in [0.25, 0.3) is 10.9 Å². The largest absolute Gasteiger partial charge is 0.396 e. The molecule has 0 aliphatic heterocycles. The van der Waals surface area contributed by atoms with Gasteiger partial charge in [-0.1, -0.05) is 31.0 Å². The second-order valence-corrected chi connectivity index (χ2v) is 5.74. The van der Waals surface area contributed by atoms with Crippen molar-refractivity contribution in [3.63, 3.8) is 0 Å². The van der Waals surface area contributed by atoms with E-state index in [9.17, 15) is 5.11 Å². The smallest absolute Gasteiger partial charge is 0.0722 e. The minimum absolute atomic E-state index is 0.323. The lowest BCUT2D eigenvalue weighted by molar-refractivity contribution is 0.141. The van der Waals surface area contributed by atoms with Crippen molar-refractivity contribution in [2.75, 3.05) is 18.5 Å². The fourth-order valence-corrected chi connectivity index (χ4v) is 3.28. The normalized spacial score (nSPS) is 22.9. The first-order chi connectivity index (χ1) is 9.88. The maximum Gasteiger partial charge on any atom is 0.0722 e. The SMILES string of the molecule is OCC1CCCCC1CNc1ccnc2ccccc12. The number of aliphatic hydroxyl groups excluding tert-OH is 1. The zero-order valence-corrected chi connectivity index (χ0v) is 11.8. The van der Waals surface area contributed by atoms with Gasteiger partial charge >= 0.3 is 0 Å². The molecule has 20 heavy (non-hydrogen) atoms. The van der Waals surface area contributed by atoms with Gasteiger partial charge in [-0.25, -0.2) is 0 Å². The van der Waals surface area contributed by atoms with E-state index >= 15 is 0 Å². The summed E-state index contributed by atoms with van der Waals surface area (Å²) in [6, 6.07) is 10.3. The van der Waals surface area contributed by atoms with Crippen molar-refractivity contribution in [3.8, 4) is 0 Å². The minimum atomic E-state index is 0.323. The van der Waals surface area contributed by atoms with Gasteiger partial charge in [-0.15, -0.1) is 0 Å². The Labute approximate surface area is 120 Å². The summed E-state index contributed by atoms with van der Waals surface area (Å²) < 4.78 is 0. The van der Waals surface area contributed by atoms with E-state index in [-0.39, 0.29) is 0 Å². The van der Waals surface area contributed by atoms with E-state index in [1.54, 1.807) is 0 Å². The van der Waals surface area contributed by atoms with Gasteiger partial charge in [0.2, 0.25) is 0 Å². The van der Waals surface area contributed by atoms with Crippen LogP contribution in [-0.2, 0) is 0 Å². The zero-order valence-electron chi connectivity index (χ0n) is 11.8. The van der Waals surface area contributed by atoms with Crippen LogP contribution in [0.3, 0.4) is 0 Å². The third-order valence-electron chi connectivity index (χ3n) is 4.50. The third kappa shape index (κ3) is 2.78. The summed E-state index contributed by atoms with van der Waals surface area (Å²) in [6.07, 6.45) is 6.80. The van der Waals surface area contributed by atoms with Crippen molar-refractivity contribution >= 4 is 16.6 Å². The van der Waals surface area contributed by atoms with E-state index in [2.05, 4.69) is 16.4 Å². The first kappa shape index (κ1) is 13.4. The Morgan fingerprint density at radius 1 is 1.10 bits per heavy atom. The van der Waals surface area contributed by atoms with Gasteiger partial charge in [-0.2, -0.15) is 0 Å². The molecule has 2 atom stereocenters. The number of aliphatic hydroxyl groups is 1. The summed E-state index contributed by atoms with van der Waals surface area (Å²) in [7, 11) is 0. The fourth-order valence-electron chi connectivity index (χ4n) is 3.28. The second-order valence-electron chi connectivity index (χ2n) is 5.74. The van der Waals surface area contributed by atoms with Crippen LogP contribution < -0.4 is 5.32 Å². The van der Waals surface area contributed by atoms with Crippen molar-refractivity contribution in [1.29, 1.82) is 0 Å². The molecule has 106 valence electrons. The molecular formula is C17H22N2O. The Bertz CT molecular complexity index is 564. The van der Waals surface area contributed by atoms with E-state index in [1.807, 2.05) is 30.5 Å².